The Balaban J connectivity index is 1.87. The van der Waals surface area contributed by atoms with Crippen LogP contribution >= 0.6 is 18.9 Å². The standard InChI is InChI=1S/C27H21ClP/c28-24-20-18-23(19-21-24)11-10-22-29(25-12-4-1-5-13-25,26-14-6-2-7-15-26)27-16-8-3-9-17-27/h1-9,12-21H,22H2/q+1. The van der Waals surface area contributed by atoms with E-state index in [0.717, 1.165) is 16.7 Å². The van der Waals surface area contributed by atoms with Crippen molar-refractivity contribution in [3.8, 4) is 11.8 Å². The van der Waals surface area contributed by atoms with Gasteiger partial charge >= 0.3 is 0 Å². The van der Waals surface area contributed by atoms with E-state index < -0.39 is 7.26 Å². The van der Waals surface area contributed by atoms with Crippen LogP contribution < -0.4 is 15.9 Å². The maximum Gasteiger partial charge on any atom is 0.134 e. The summed E-state index contributed by atoms with van der Waals surface area (Å²) < 4.78 is 0. The molecule has 29 heavy (non-hydrogen) atoms. The Morgan fingerprint density at radius 3 is 1.38 bits per heavy atom. The van der Waals surface area contributed by atoms with Gasteiger partial charge in [0, 0.05) is 10.6 Å². The first-order valence-corrected chi connectivity index (χ1v) is 11.9. The van der Waals surface area contributed by atoms with Gasteiger partial charge in [-0.2, -0.15) is 0 Å². The van der Waals surface area contributed by atoms with Gasteiger partial charge in [-0.15, -0.1) is 0 Å². The second-order valence-electron chi connectivity index (χ2n) is 6.78. The highest BCUT2D eigenvalue weighted by molar-refractivity contribution is 7.95. The Labute approximate surface area is 178 Å². The molecule has 0 fully saturated rings. The highest BCUT2D eigenvalue weighted by Crippen LogP contribution is 2.54. The van der Waals surface area contributed by atoms with E-state index in [1.54, 1.807) is 0 Å². The van der Waals surface area contributed by atoms with Gasteiger partial charge in [0.05, 0.1) is 0 Å². The molecule has 0 aliphatic rings. The molecule has 0 aliphatic heterocycles. The molecular formula is C27H21ClP+. The minimum absolute atomic E-state index is 0.732. The zero-order valence-electron chi connectivity index (χ0n) is 16.0. The van der Waals surface area contributed by atoms with E-state index in [1.807, 2.05) is 24.3 Å². The van der Waals surface area contributed by atoms with Crippen molar-refractivity contribution in [1.82, 2.24) is 0 Å². The molecule has 140 valence electrons. The van der Waals surface area contributed by atoms with Crippen LogP contribution in [0.2, 0.25) is 5.02 Å². The Hall–Kier alpha value is -2.84. The first-order chi connectivity index (χ1) is 14.3. The summed E-state index contributed by atoms with van der Waals surface area (Å²) in [7, 11) is -1.90. The molecule has 0 nitrogen and oxygen atoms in total. The largest absolute Gasteiger partial charge is 0.134 e. The Kier molecular flexibility index (Phi) is 6.12. The van der Waals surface area contributed by atoms with Gasteiger partial charge in [0.15, 0.2) is 0 Å². The zero-order valence-corrected chi connectivity index (χ0v) is 17.7. The van der Waals surface area contributed by atoms with E-state index >= 15 is 0 Å². The van der Waals surface area contributed by atoms with E-state index in [4.69, 9.17) is 11.6 Å². The zero-order chi connectivity index (χ0) is 19.9. The van der Waals surface area contributed by atoms with Crippen LogP contribution in [0.3, 0.4) is 0 Å². The highest BCUT2D eigenvalue weighted by atomic mass is 35.5. The molecule has 0 spiro atoms. The molecule has 2 heteroatoms. The predicted molar refractivity (Wildman–Crippen MR) is 128 cm³/mol. The molecule has 4 rings (SSSR count). The van der Waals surface area contributed by atoms with E-state index in [1.165, 1.54) is 15.9 Å². The minimum Gasteiger partial charge on any atom is -0.0843 e. The van der Waals surface area contributed by atoms with Crippen LogP contribution in [0, 0.1) is 11.8 Å². The summed E-state index contributed by atoms with van der Waals surface area (Å²) in [6.45, 7) is 0. The van der Waals surface area contributed by atoms with Crippen molar-refractivity contribution in [2.24, 2.45) is 0 Å². The summed E-state index contributed by atoms with van der Waals surface area (Å²) in [6, 6.07) is 40.2. The summed E-state index contributed by atoms with van der Waals surface area (Å²) in [6.07, 6.45) is 0.785. The van der Waals surface area contributed by atoms with Gasteiger partial charge in [-0.1, -0.05) is 78.0 Å². The normalized spacial score (nSPS) is 10.8. The lowest BCUT2D eigenvalue weighted by Crippen LogP contribution is -2.33. The maximum absolute atomic E-state index is 6.02. The fraction of sp³-hybridized carbons (Fsp3) is 0.0370. The van der Waals surface area contributed by atoms with Gasteiger partial charge in [-0.05, 0) is 60.7 Å². The molecule has 0 atom stereocenters. The number of rotatable bonds is 4. The van der Waals surface area contributed by atoms with Gasteiger partial charge < -0.3 is 0 Å². The molecule has 0 N–H and O–H groups in total. The SMILES string of the molecule is Clc1ccc(C#CC[P+](c2ccccc2)(c2ccccc2)c2ccccc2)cc1. The second-order valence-corrected chi connectivity index (χ2v) is 10.7. The van der Waals surface area contributed by atoms with Gasteiger partial charge in [-0.25, -0.2) is 0 Å². The minimum atomic E-state index is -1.90. The third-order valence-electron chi connectivity index (χ3n) is 4.98. The van der Waals surface area contributed by atoms with Crippen molar-refractivity contribution < 1.29 is 0 Å². The van der Waals surface area contributed by atoms with Crippen molar-refractivity contribution in [3.05, 3.63) is 126 Å². The van der Waals surface area contributed by atoms with Gasteiger partial charge in [0.2, 0.25) is 0 Å². The number of benzene rings is 4. The van der Waals surface area contributed by atoms with Crippen molar-refractivity contribution in [2.45, 2.75) is 0 Å². The lowest BCUT2D eigenvalue weighted by Gasteiger charge is -2.25. The number of hydrogen-bond acceptors (Lipinski definition) is 0. The molecule has 0 unspecified atom stereocenters. The molecule has 4 aromatic rings. The third-order valence-corrected chi connectivity index (χ3v) is 9.41. The molecule has 0 saturated carbocycles. The van der Waals surface area contributed by atoms with E-state index in [0.29, 0.717) is 0 Å². The summed E-state index contributed by atoms with van der Waals surface area (Å²) in [5.74, 6) is 6.87. The molecule has 4 aromatic carbocycles. The fourth-order valence-corrected chi connectivity index (χ4v) is 7.49. The molecule has 0 aromatic heterocycles. The Morgan fingerprint density at radius 2 is 0.966 bits per heavy atom. The van der Waals surface area contributed by atoms with Crippen LogP contribution in [0.5, 0.6) is 0 Å². The average molecular weight is 412 g/mol. The molecular weight excluding hydrogens is 391 g/mol. The summed E-state index contributed by atoms with van der Waals surface area (Å²) in [5.41, 5.74) is 0.988. The fourth-order valence-electron chi connectivity index (χ4n) is 3.56. The Bertz CT molecular complexity index is 1010. The second kappa shape index (κ2) is 9.11. The number of halogens is 1. The van der Waals surface area contributed by atoms with Crippen LogP contribution in [0.1, 0.15) is 5.56 Å². The van der Waals surface area contributed by atoms with Gasteiger partial charge in [-0.3, -0.25) is 0 Å². The van der Waals surface area contributed by atoms with Crippen LogP contribution in [0.4, 0.5) is 0 Å². The molecule has 0 bridgehead atoms. The Morgan fingerprint density at radius 1 is 0.552 bits per heavy atom. The molecule has 0 heterocycles. The monoisotopic (exact) mass is 411 g/mol. The topological polar surface area (TPSA) is 0 Å². The summed E-state index contributed by atoms with van der Waals surface area (Å²) in [4.78, 5) is 0. The summed E-state index contributed by atoms with van der Waals surface area (Å²) >= 11 is 6.02. The van der Waals surface area contributed by atoms with E-state index in [-0.39, 0.29) is 0 Å². The maximum atomic E-state index is 6.02. The smallest absolute Gasteiger partial charge is 0.0843 e. The van der Waals surface area contributed by atoms with Crippen molar-refractivity contribution in [1.29, 1.82) is 0 Å². The summed E-state index contributed by atoms with van der Waals surface area (Å²) in [5, 5.41) is 4.78. The van der Waals surface area contributed by atoms with Crippen molar-refractivity contribution in [3.63, 3.8) is 0 Å². The lowest BCUT2D eigenvalue weighted by molar-refractivity contribution is 1.64. The van der Waals surface area contributed by atoms with Crippen LogP contribution in [0.15, 0.2) is 115 Å². The molecule has 0 radical (unpaired) electrons. The molecule has 0 saturated heterocycles. The molecule has 0 aliphatic carbocycles. The van der Waals surface area contributed by atoms with Crippen LogP contribution in [-0.4, -0.2) is 6.16 Å². The first kappa shape index (κ1) is 19.5. The van der Waals surface area contributed by atoms with Crippen molar-refractivity contribution in [2.75, 3.05) is 6.16 Å². The highest BCUT2D eigenvalue weighted by Gasteiger charge is 2.44. The first-order valence-electron chi connectivity index (χ1n) is 9.58. The lowest BCUT2D eigenvalue weighted by atomic mass is 10.2. The van der Waals surface area contributed by atoms with Crippen molar-refractivity contribution >= 4 is 34.8 Å². The third kappa shape index (κ3) is 4.28. The van der Waals surface area contributed by atoms with Gasteiger partial charge in [0.25, 0.3) is 0 Å². The quantitative estimate of drug-likeness (QED) is 0.299. The van der Waals surface area contributed by atoms with Gasteiger partial charge in [0.1, 0.15) is 29.3 Å². The predicted octanol–water partition coefficient (Wildman–Crippen LogP) is 5.69. The van der Waals surface area contributed by atoms with Crippen LogP contribution in [0.25, 0.3) is 0 Å². The molecule has 0 amide bonds. The average Bonchev–Trinajstić information content (AvgIpc) is 2.80. The van der Waals surface area contributed by atoms with E-state index in [2.05, 4.69) is 103 Å². The van der Waals surface area contributed by atoms with E-state index in [9.17, 15) is 0 Å². The number of hydrogen-bond donors (Lipinski definition) is 0. The van der Waals surface area contributed by atoms with Crippen LogP contribution in [-0.2, 0) is 0 Å².